The highest BCUT2D eigenvalue weighted by Gasteiger charge is 2.11. The van der Waals surface area contributed by atoms with Gasteiger partial charge in [0.15, 0.2) is 6.21 Å². The molecule has 0 saturated heterocycles. The second kappa shape index (κ2) is 4.99. The molecule has 0 amide bonds. The molecule has 0 N–H and O–H groups in total. The maximum absolute atomic E-state index is 4.27. The van der Waals surface area contributed by atoms with Crippen LogP contribution in [0.4, 0.5) is 0 Å². The van der Waals surface area contributed by atoms with Crippen LogP contribution in [0.3, 0.4) is 0 Å². The van der Waals surface area contributed by atoms with Crippen LogP contribution in [0.25, 0.3) is 5.57 Å². The first-order valence-corrected chi connectivity index (χ1v) is 5.20. The average Bonchev–Trinajstić information content (AvgIpc) is 2.15. The molecule has 1 aromatic heterocycles. The van der Waals surface area contributed by atoms with Gasteiger partial charge in [0.25, 0.3) is 0 Å². The van der Waals surface area contributed by atoms with E-state index in [9.17, 15) is 0 Å². The molecule has 86 valence electrons. The Kier molecular flexibility index (Phi) is 3.90. The van der Waals surface area contributed by atoms with Crippen LogP contribution in [0.2, 0.25) is 0 Å². The molecule has 1 heterocycles. The van der Waals surface area contributed by atoms with Crippen molar-refractivity contribution in [1.82, 2.24) is 9.97 Å². The Labute approximate surface area is 97.2 Å². The zero-order valence-corrected chi connectivity index (χ0v) is 10.7. The fourth-order valence-electron chi connectivity index (χ4n) is 1.32. The minimum atomic E-state index is 0.754. The highest BCUT2D eigenvalue weighted by atomic mass is 15.3. The molecule has 0 aliphatic heterocycles. The van der Waals surface area contributed by atoms with Gasteiger partial charge >= 0.3 is 0 Å². The van der Waals surface area contributed by atoms with Crippen molar-refractivity contribution in [2.75, 3.05) is 35.2 Å². The van der Waals surface area contributed by atoms with Gasteiger partial charge in [-0.05, 0) is 6.07 Å². The minimum Gasteiger partial charge on any atom is -0.304 e. The van der Waals surface area contributed by atoms with Gasteiger partial charge in [0.2, 0.25) is 0 Å². The standard InChI is InChI=1S/C12H20N4/c1-15(2)8-11(9-16(3,4)5)12-6-7-13-10-14-12/h6-10H,1-5H3/q+2/b11-9-. The molecule has 1 aromatic rings. The molecule has 0 atom stereocenters. The van der Waals surface area contributed by atoms with Gasteiger partial charge in [-0.3, -0.25) is 0 Å². The van der Waals surface area contributed by atoms with Gasteiger partial charge in [-0.15, -0.1) is 0 Å². The van der Waals surface area contributed by atoms with E-state index < -0.39 is 0 Å². The quantitative estimate of drug-likeness (QED) is 0.429. The molecule has 0 fully saturated rings. The molecule has 0 radical (unpaired) electrons. The Morgan fingerprint density at radius 1 is 1.31 bits per heavy atom. The molecular formula is C12H20N4+2. The number of aromatic nitrogens is 2. The summed E-state index contributed by atoms with van der Waals surface area (Å²) in [7, 11) is 10.4. The second-order valence-electron chi connectivity index (χ2n) is 4.89. The van der Waals surface area contributed by atoms with Crippen molar-refractivity contribution in [3.05, 3.63) is 30.5 Å². The van der Waals surface area contributed by atoms with Gasteiger partial charge in [-0.25, -0.2) is 14.5 Å². The third-order valence-corrected chi connectivity index (χ3v) is 1.80. The Bertz CT molecular complexity index is 395. The van der Waals surface area contributed by atoms with Crippen LogP contribution in [0, 0.1) is 0 Å². The topological polar surface area (TPSA) is 28.8 Å². The van der Waals surface area contributed by atoms with E-state index in [0.717, 1.165) is 15.8 Å². The van der Waals surface area contributed by atoms with Crippen LogP contribution >= 0.6 is 0 Å². The van der Waals surface area contributed by atoms with Crippen molar-refractivity contribution < 1.29 is 9.06 Å². The van der Waals surface area contributed by atoms with Crippen molar-refractivity contribution in [3.8, 4) is 0 Å². The Hall–Kier alpha value is -1.55. The number of allylic oxidation sites excluding steroid dienone is 1. The number of quaternary nitrogens is 1. The van der Waals surface area contributed by atoms with E-state index in [2.05, 4.69) is 43.5 Å². The van der Waals surface area contributed by atoms with Crippen LogP contribution in [-0.4, -0.2) is 60.5 Å². The van der Waals surface area contributed by atoms with E-state index in [-0.39, 0.29) is 0 Å². The minimum absolute atomic E-state index is 0.754. The Morgan fingerprint density at radius 2 is 2.00 bits per heavy atom. The van der Waals surface area contributed by atoms with Gasteiger partial charge in [-0.2, -0.15) is 0 Å². The molecular weight excluding hydrogens is 200 g/mol. The lowest BCUT2D eigenvalue weighted by Crippen LogP contribution is -2.28. The Balaban J connectivity index is 3.18. The van der Waals surface area contributed by atoms with E-state index in [0.29, 0.717) is 0 Å². The van der Waals surface area contributed by atoms with E-state index in [1.807, 2.05) is 24.7 Å². The lowest BCUT2D eigenvalue weighted by Gasteiger charge is -2.18. The molecule has 0 aromatic carbocycles. The number of hydrogen-bond acceptors (Lipinski definition) is 2. The maximum atomic E-state index is 4.27. The predicted octanol–water partition coefficient (Wildman–Crippen LogP) is 0.867. The van der Waals surface area contributed by atoms with E-state index in [4.69, 9.17) is 0 Å². The highest BCUT2D eigenvalue weighted by molar-refractivity contribution is 6.06. The van der Waals surface area contributed by atoms with Crippen molar-refractivity contribution >= 4 is 11.8 Å². The molecule has 0 unspecified atom stereocenters. The number of nitrogens with zero attached hydrogens (tertiary/aromatic N) is 4. The first-order valence-electron chi connectivity index (χ1n) is 5.20. The van der Waals surface area contributed by atoms with Crippen LogP contribution in [-0.2, 0) is 0 Å². The van der Waals surface area contributed by atoms with Gasteiger partial charge < -0.3 is 4.48 Å². The number of hydrogen-bond donors (Lipinski definition) is 0. The summed E-state index contributed by atoms with van der Waals surface area (Å²) in [6.07, 6.45) is 7.55. The molecule has 1 rings (SSSR count). The normalized spacial score (nSPS) is 12.4. The summed E-state index contributed by atoms with van der Waals surface area (Å²) in [6, 6.07) is 1.92. The first kappa shape index (κ1) is 12.5. The van der Waals surface area contributed by atoms with Gasteiger partial charge in [0.05, 0.1) is 26.8 Å². The molecule has 16 heavy (non-hydrogen) atoms. The predicted molar refractivity (Wildman–Crippen MR) is 66.2 cm³/mol. The van der Waals surface area contributed by atoms with E-state index >= 15 is 0 Å². The summed E-state index contributed by atoms with van der Waals surface area (Å²) >= 11 is 0. The van der Waals surface area contributed by atoms with Crippen molar-refractivity contribution in [3.63, 3.8) is 0 Å². The molecule has 0 saturated carbocycles. The van der Waals surface area contributed by atoms with Crippen LogP contribution in [0.15, 0.2) is 24.8 Å². The van der Waals surface area contributed by atoms with Crippen molar-refractivity contribution in [2.24, 2.45) is 0 Å². The summed E-state index contributed by atoms with van der Waals surface area (Å²) in [5.41, 5.74) is 2.04. The lowest BCUT2D eigenvalue weighted by atomic mass is 10.2. The average molecular weight is 220 g/mol. The molecule has 0 aliphatic rings. The third-order valence-electron chi connectivity index (χ3n) is 1.80. The largest absolute Gasteiger partial charge is 0.304 e. The molecule has 0 spiro atoms. The van der Waals surface area contributed by atoms with Crippen LogP contribution < -0.4 is 0 Å². The fraction of sp³-hybridized carbons (Fsp3) is 0.417. The van der Waals surface area contributed by atoms with E-state index in [1.54, 1.807) is 12.5 Å². The monoisotopic (exact) mass is 220 g/mol. The zero-order valence-electron chi connectivity index (χ0n) is 10.7. The Morgan fingerprint density at radius 3 is 2.44 bits per heavy atom. The van der Waals surface area contributed by atoms with Crippen molar-refractivity contribution in [1.29, 1.82) is 0 Å². The molecule has 4 heteroatoms. The van der Waals surface area contributed by atoms with Gasteiger partial charge in [0.1, 0.15) is 32.2 Å². The van der Waals surface area contributed by atoms with E-state index in [1.165, 1.54) is 0 Å². The first-order chi connectivity index (χ1) is 7.38. The highest BCUT2D eigenvalue weighted by Crippen LogP contribution is 2.10. The molecule has 4 nitrogen and oxygen atoms in total. The lowest BCUT2D eigenvalue weighted by molar-refractivity contribution is -0.816. The molecule has 0 bridgehead atoms. The summed E-state index contributed by atoms with van der Waals surface area (Å²) in [5.74, 6) is 0. The van der Waals surface area contributed by atoms with Gasteiger partial charge in [0, 0.05) is 6.20 Å². The fourth-order valence-corrected chi connectivity index (χ4v) is 1.32. The summed E-state index contributed by atoms with van der Waals surface area (Å²) in [5, 5.41) is 0. The second-order valence-corrected chi connectivity index (χ2v) is 4.89. The number of rotatable bonds is 3. The van der Waals surface area contributed by atoms with Crippen molar-refractivity contribution in [2.45, 2.75) is 0 Å². The SMILES string of the molecule is C[N+](C)=C/C(=C/[N+](C)(C)C)c1ccncn1. The van der Waals surface area contributed by atoms with Gasteiger partial charge in [-0.1, -0.05) is 0 Å². The summed E-state index contributed by atoms with van der Waals surface area (Å²) in [4.78, 5) is 8.20. The van der Waals surface area contributed by atoms with Crippen LogP contribution in [0.5, 0.6) is 0 Å². The molecule has 0 aliphatic carbocycles. The maximum Gasteiger partial charge on any atom is 0.177 e. The zero-order chi connectivity index (χ0) is 12.2. The van der Waals surface area contributed by atoms with Crippen LogP contribution in [0.1, 0.15) is 5.69 Å². The smallest absolute Gasteiger partial charge is 0.177 e. The summed E-state index contributed by atoms with van der Waals surface area (Å²) in [6.45, 7) is 0. The third kappa shape index (κ3) is 4.31. The summed E-state index contributed by atoms with van der Waals surface area (Å²) < 4.78 is 2.77.